The molecule has 9 heteroatoms. The number of hydrogen-bond donors (Lipinski definition) is 3. The van der Waals surface area contributed by atoms with Gasteiger partial charge in [0.15, 0.2) is 0 Å². The zero-order chi connectivity index (χ0) is 20.0. The van der Waals surface area contributed by atoms with E-state index in [1.165, 1.54) is 0 Å². The Morgan fingerprint density at radius 1 is 1.15 bits per heavy atom. The van der Waals surface area contributed by atoms with Crippen molar-refractivity contribution >= 4 is 65.6 Å². The number of benzene rings is 2. The highest BCUT2D eigenvalue weighted by molar-refractivity contribution is 14.1. The summed E-state index contributed by atoms with van der Waals surface area (Å²) in [5.74, 6) is 0.0773. The SMILES string of the molecule is CPCC(=O)NC(Cc1ccc(Oc2ccc(O)cc2)c(I)c1I)C(=O)O. The average molecular weight is 613 g/mol. The number of carboxylic acid groups (broad SMARTS) is 1. The van der Waals surface area contributed by atoms with Crippen LogP contribution in [-0.2, 0) is 16.0 Å². The lowest BCUT2D eigenvalue weighted by Crippen LogP contribution is -2.43. The molecular formula is C18H18I2NO5P. The number of phenols is 1. The molecule has 0 heterocycles. The first-order chi connectivity index (χ1) is 12.8. The van der Waals surface area contributed by atoms with E-state index in [1.807, 2.05) is 12.7 Å². The van der Waals surface area contributed by atoms with E-state index in [-0.39, 0.29) is 18.1 Å². The fourth-order valence-corrected chi connectivity index (χ4v) is 4.00. The monoisotopic (exact) mass is 613 g/mol. The van der Waals surface area contributed by atoms with E-state index in [2.05, 4.69) is 50.5 Å². The summed E-state index contributed by atoms with van der Waals surface area (Å²) >= 11 is 4.31. The summed E-state index contributed by atoms with van der Waals surface area (Å²) in [4.78, 5) is 23.3. The van der Waals surface area contributed by atoms with Gasteiger partial charge < -0.3 is 20.3 Å². The van der Waals surface area contributed by atoms with Crippen LogP contribution in [0, 0.1) is 7.14 Å². The molecule has 0 saturated heterocycles. The van der Waals surface area contributed by atoms with Crippen molar-refractivity contribution in [2.24, 2.45) is 0 Å². The molecule has 1 amide bonds. The minimum Gasteiger partial charge on any atom is -0.508 e. The molecule has 0 radical (unpaired) electrons. The van der Waals surface area contributed by atoms with Crippen molar-refractivity contribution in [1.82, 2.24) is 5.32 Å². The maximum Gasteiger partial charge on any atom is 0.326 e. The number of aromatic hydroxyl groups is 1. The number of amides is 1. The van der Waals surface area contributed by atoms with E-state index in [0.29, 0.717) is 26.2 Å². The molecular weight excluding hydrogens is 595 g/mol. The van der Waals surface area contributed by atoms with Crippen LogP contribution in [0.1, 0.15) is 5.56 Å². The van der Waals surface area contributed by atoms with Crippen LogP contribution in [0.3, 0.4) is 0 Å². The molecule has 2 atom stereocenters. The molecule has 0 bridgehead atoms. The third kappa shape index (κ3) is 6.46. The molecule has 0 aliphatic rings. The Labute approximate surface area is 186 Å². The third-order valence-corrected chi connectivity index (χ3v) is 7.60. The van der Waals surface area contributed by atoms with Crippen molar-refractivity contribution in [1.29, 1.82) is 0 Å². The lowest BCUT2D eigenvalue weighted by atomic mass is 10.1. The first-order valence-electron chi connectivity index (χ1n) is 7.92. The Kier molecular flexibility index (Phi) is 8.56. The predicted octanol–water partition coefficient (Wildman–Crippen LogP) is 3.81. The van der Waals surface area contributed by atoms with Gasteiger partial charge in [0.05, 0.1) is 3.57 Å². The van der Waals surface area contributed by atoms with Gasteiger partial charge in [-0.15, -0.1) is 8.58 Å². The number of nitrogens with one attached hydrogen (secondary N) is 1. The molecule has 0 aromatic heterocycles. The number of ether oxygens (including phenoxy) is 1. The molecule has 2 aromatic rings. The zero-order valence-corrected chi connectivity index (χ0v) is 19.6. The van der Waals surface area contributed by atoms with Gasteiger partial charge in [-0.3, -0.25) is 4.79 Å². The molecule has 3 N–H and O–H groups in total. The van der Waals surface area contributed by atoms with E-state index in [9.17, 15) is 19.8 Å². The van der Waals surface area contributed by atoms with Crippen molar-refractivity contribution in [3.63, 3.8) is 0 Å². The van der Waals surface area contributed by atoms with Crippen molar-refractivity contribution in [2.45, 2.75) is 12.5 Å². The Balaban J connectivity index is 2.18. The van der Waals surface area contributed by atoms with E-state index in [4.69, 9.17) is 4.74 Å². The number of carboxylic acids is 1. The Morgan fingerprint density at radius 2 is 1.81 bits per heavy atom. The molecule has 2 unspecified atom stereocenters. The quantitative estimate of drug-likeness (QED) is 0.311. The van der Waals surface area contributed by atoms with Crippen molar-refractivity contribution < 1.29 is 24.5 Å². The average Bonchev–Trinajstić information content (AvgIpc) is 2.62. The number of carbonyl (C=O) groups excluding carboxylic acids is 1. The van der Waals surface area contributed by atoms with Crippen molar-refractivity contribution in [3.8, 4) is 17.2 Å². The second kappa shape index (κ2) is 10.4. The molecule has 27 heavy (non-hydrogen) atoms. The van der Waals surface area contributed by atoms with Gasteiger partial charge in [-0.2, -0.15) is 0 Å². The lowest BCUT2D eigenvalue weighted by Gasteiger charge is -2.17. The second-order valence-electron chi connectivity index (χ2n) is 5.64. The molecule has 2 aromatic carbocycles. The second-order valence-corrected chi connectivity index (χ2v) is 8.86. The van der Waals surface area contributed by atoms with Crippen molar-refractivity contribution in [2.75, 3.05) is 12.8 Å². The number of carbonyl (C=O) groups is 2. The van der Waals surface area contributed by atoms with Crippen LogP contribution in [0.4, 0.5) is 0 Å². The lowest BCUT2D eigenvalue weighted by molar-refractivity contribution is -0.141. The van der Waals surface area contributed by atoms with Gasteiger partial charge in [0.25, 0.3) is 0 Å². The number of rotatable bonds is 8. The van der Waals surface area contributed by atoms with Gasteiger partial charge in [0.2, 0.25) is 5.91 Å². The fraction of sp³-hybridized carbons (Fsp3) is 0.222. The third-order valence-electron chi connectivity index (χ3n) is 3.59. The van der Waals surface area contributed by atoms with Crippen LogP contribution in [-0.4, -0.2) is 41.0 Å². The molecule has 2 rings (SSSR count). The number of hydrogen-bond acceptors (Lipinski definition) is 4. The summed E-state index contributed by atoms with van der Waals surface area (Å²) in [6.07, 6.45) is 0.527. The summed E-state index contributed by atoms with van der Waals surface area (Å²) in [5.41, 5.74) is 0.824. The smallest absolute Gasteiger partial charge is 0.326 e. The highest BCUT2D eigenvalue weighted by atomic mass is 127. The summed E-state index contributed by atoms with van der Waals surface area (Å²) < 4.78 is 7.57. The fourth-order valence-electron chi connectivity index (χ4n) is 2.28. The standard InChI is InChI=1S/C18H18I2NO5P/c1-27-9-15(23)21-13(18(24)25)8-10-2-7-14(17(20)16(10)19)26-12-5-3-11(22)4-6-12/h2-7,13,22,27H,8-9H2,1H3,(H,21,23)(H,24,25). The topological polar surface area (TPSA) is 95.9 Å². The molecule has 0 aliphatic carbocycles. The summed E-state index contributed by atoms with van der Waals surface area (Å²) in [5, 5.41) is 21.3. The molecule has 0 aliphatic heterocycles. The van der Waals surface area contributed by atoms with Crippen LogP contribution >= 0.6 is 53.8 Å². The number of phenolic OH excluding ortho intramolecular Hbond substituents is 1. The van der Waals surface area contributed by atoms with E-state index >= 15 is 0 Å². The van der Waals surface area contributed by atoms with Crippen molar-refractivity contribution in [3.05, 3.63) is 49.1 Å². The summed E-state index contributed by atoms with van der Waals surface area (Å²) in [6.45, 7) is 1.90. The first kappa shape index (κ1) is 22.2. The normalized spacial score (nSPS) is 12.1. The molecule has 0 spiro atoms. The predicted molar refractivity (Wildman–Crippen MR) is 122 cm³/mol. The van der Waals surface area contributed by atoms with Crippen LogP contribution in [0.5, 0.6) is 17.2 Å². The Bertz CT molecular complexity index is 829. The van der Waals surface area contributed by atoms with Crippen LogP contribution < -0.4 is 10.1 Å². The highest BCUT2D eigenvalue weighted by Crippen LogP contribution is 2.33. The Morgan fingerprint density at radius 3 is 2.41 bits per heavy atom. The van der Waals surface area contributed by atoms with E-state index in [1.54, 1.807) is 30.3 Å². The molecule has 6 nitrogen and oxygen atoms in total. The largest absolute Gasteiger partial charge is 0.508 e. The van der Waals surface area contributed by atoms with E-state index in [0.717, 1.165) is 12.7 Å². The van der Waals surface area contributed by atoms with Crippen LogP contribution in [0.25, 0.3) is 0 Å². The highest BCUT2D eigenvalue weighted by Gasteiger charge is 2.22. The van der Waals surface area contributed by atoms with Gasteiger partial charge in [-0.1, -0.05) is 6.07 Å². The minimum absolute atomic E-state index is 0.160. The summed E-state index contributed by atoms with van der Waals surface area (Å²) in [7, 11) is 0.438. The molecule has 144 valence electrons. The molecule has 0 saturated carbocycles. The van der Waals surface area contributed by atoms with E-state index < -0.39 is 12.0 Å². The van der Waals surface area contributed by atoms with Crippen LogP contribution in [0.2, 0.25) is 0 Å². The van der Waals surface area contributed by atoms with Crippen LogP contribution in [0.15, 0.2) is 36.4 Å². The summed E-state index contributed by atoms with van der Waals surface area (Å²) in [6, 6.07) is 9.02. The van der Waals surface area contributed by atoms with Gasteiger partial charge in [0, 0.05) is 16.2 Å². The van der Waals surface area contributed by atoms with Gasteiger partial charge >= 0.3 is 5.97 Å². The van der Waals surface area contributed by atoms with Gasteiger partial charge in [0.1, 0.15) is 23.3 Å². The Hall–Kier alpha value is -1.13. The number of halogens is 2. The maximum atomic E-state index is 11.8. The zero-order valence-electron chi connectivity index (χ0n) is 14.3. The number of aliphatic carboxylic acids is 1. The first-order valence-corrected chi connectivity index (χ1v) is 11.8. The maximum absolute atomic E-state index is 11.8. The van der Waals surface area contributed by atoms with Gasteiger partial charge in [-0.25, -0.2) is 4.79 Å². The minimum atomic E-state index is -1.06. The molecule has 0 fully saturated rings. The van der Waals surface area contributed by atoms with Gasteiger partial charge in [-0.05, 0) is 87.7 Å².